The number of aliphatic hydroxyl groups is 1. The Kier molecular flexibility index (Phi) is 7.06. The lowest BCUT2D eigenvalue weighted by Gasteiger charge is -2.12. The number of imidazole rings is 1. The topological polar surface area (TPSA) is 164 Å². The molecule has 4 N–H and O–H groups in total. The van der Waals surface area contributed by atoms with Crippen LogP contribution in [0.2, 0.25) is 0 Å². The van der Waals surface area contributed by atoms with Crippen molar-refractivity contribution >= 4 is 25.2 Å². The van der Waals surface area contributed by atoms with Crippen LogP contribution in [0.5, 0.6) is 17.8 Å². The highest BCUT2D eigenvalue weighted by atomic mass is 31.1. The van der Waals surface area contributed by atoms with E-state index in [1.807, 2.05) is 0 Å². The summed E-state index contributed by atoms with van der Waals surface area (Å²) >= 11 is 0. The molecule has 0 aliphatic heterocycles. The lowest BCUT2D eigenvalue weighted by atomic mass is 10.1. The van der Waals surface area contributed by atoms with Crippen molar-refractivity contribution in [3.63, 3.8) is 0 Å². The number of methoxy groups -OCH3 is 2. The summed E-state index contributed by atoms with van der Waals surface area (Å²) in [6.07, 6.45) is 0. The van der Waals surface area contributed by atoms with E-state index in [9.17, 15) is 4.57 Å². The van der Waals surface area contributed by atoms with Gasteiger partial charge < -0.3 is 34.5 Å². The fraction of sp³-hybridized carbons (Fsp3) is 0.353. The molecule has 0 radical (unpaired) electrons. The molecule has 0 aliphatic carbocycles. The molecular weight excluding hydrogens is 417 g/mol. The van der Waals surface area contributed by atoms with E-state index in [1.54, 1.807) is 22.8 Å². The minimum Gasteiger partial charge on any atom is -0.497 e. The predicted molar refractivity (Wildman–Crippen MR) is 107 cm³/mol. The summed E-state index contributed by atoms with van der Waals surface area (Å²) in [4.78, 5) is 21.6. The Morgan fingerprint density at radius 1 is 1.13 bits per heavy atom. The zero-order valence-electron chi connectivity index (χ0n) is 16.4. The highest BCUT2D eigenvalue weighted by molar-refractivity contribution is 7.32. The number of aliphatic hydroxyl groups excluding tert-OH is 1. The van der Waals surface area contributed by atoms with Crippen LogP contribution < -0.4 is 19.9 Å². The van der Waals surface area contributed by atoms with Gasteiger partial charge in [0.1, 0.15) is 12.4 Å². The van der Waals surface area contributed by atoms with Gasteiger partial charge in [0.15, 0.2) is 17.0 Å². The molecule has 2 aromatic heterocycles. The third-order valence-electron chi connectivity index (χ3n) is 4.04. The fourth-order valence-electron chi connectivity index (χ4n) is 2.83. The standard InChI is InChI=1S/C17H22N5O7P/c1-26-12-6-10(5-11(7-12)9-29-30(24)25)8-22-15-13(19-17(22)27-2)14(18)20-16(21-15)28-4-3-23/h5-7,23,30H,3-4,8-9H2,1-2H3,(H,24,25)(H2,18,20,21). The molecule has 0 fully saturated rings. The number of hydrogen-bond acceptors (Lipinski definition) is 10. The normalized spacial score (nSPS) is 12.1. The molecule has 3 aromatic rings. The van der Waals surface area contributed by atoms with Crippen LogP contribution in [0.25, 0.3) is 11.2 Å². The Labute approximate surface area is 172 Å². The van der Waals surface area contributed by atoms with Crippen LogP contribution in [-0.4, -0.2) is 57.0 Å². The first kappa shape index (κ1) is 21.8. The highest BCUT2D eigenvalue weighted by Crippen LogP contribution is 2.28. The Morgan fingerprint density at radius 2 is 1.90 bits per heavy atom. The van der Waals surface area contributed by atoms with E-state index in [4.69, 9.17) is 34.5 Å². The number of hydrogen-bond donors (Lipinski definition) is 3. The van der Waals surface area contributed by atoms with E-state index in [1.165, 1.54) is 14.2 Å². The van der Waals surface area contributed by atoms with Crippen LogP contribution in [0.15, 0.2) is 18.2 Å². The van der Waals surface area contributed by atoms with Gasteiger partial charge in [-0.15, -0.1) is 0 Å². The van der Waals surface area contributed by atoms with Crippen molar-refractivity contribution in [3.8, 4) is 17.8 Å². The minimum atomic E-state index is -3.06. The molecule has 0 amide bonds. The fourth-order valence-corrected chi connectivity index (χ4v) is 3.12. The molecule has 0 saturated heterocycles. The Balaban J connectivity index is 2.02. The molecule has 1 atom stereocenters. The maximum absolute atomic E-state index is 10.9. The molecule has 2 heterocycles. The molecule has 0 saturated carbocycles. The van der Waals surface area contributed by atoms with E-state index in [0.29, 0.717) is 22.5 Å². The summed E-state index contributed by atoms with van der Waals surface area (Å²) in [5, 5.41) is 8.95. The summed E-state index contributed by atoms with van der Waals surface area (Å²) in [6.45, 7) is 0.0464. The molecule has 12 nitrogen and oxygen atoms in total. The Bertz CT molecular complexity index is 1060. The van der Waals surface area contributed by atoms with Crippen molar-refractivity contribution in [2.45, 2.75) is 13.2 Å². The van der Waals surface area contributed by atoms with Crippen LogP contribution >= 0.6 is 8.25 Å². The second-order valence-electron chi connectivity index (χ2n) is 6.06. The molecule has 162 valence electrons. The van der Waals surface area contributed by atoms with Gasteiger partial charge in [0.25, 0.3) is 6.01 Å². The number of aromatic nitrogens is 4. The van der Waals surface area contributed by atoms with E-state index < -0.39 is 8.25 Å². The van der Waals surface area contributed by atoms with Crippen LogP contribution in [-0.2, 0) is 22.2 Å². The summed E-state index contributed by atoms with van der Waals surface area (Å²) < 4.78 is 33.4. The SMILES string of the molecule is COc1cc(CO[PH](=O)O)cc(Cn2c(OC)nc3c(N)nc(OCCO)nc32)c1. The number of rotatable bonds is 10. The van der Waals surface area contributed by atoms with Gasteiger partial charge in [-0.3, -0.25) is 9.13 Å². The molecule has 3 rings (SSSR count). The van der Waals surface area contributed by atoms with Gasteiger partial charge in [-0.1, -0.05) is 6.07 Å². The predicted octanol–water partition coefficient (Wildman–Crippen LogP) is 0.744. The zero-order chi connectivity index (χ0) is 21.7. The first-order valence-electron chi connectivity index (χ1n) is 8.79. The van der Waals surface area contributed by atoms with E-state index in [2.05, 4.69) is 15.0 Å². The van der Waals surface area contributed by atoms with Crippen molar-refractivity contribution in [2.24, 2.45) is 0 Å². The zero-order valence-corrected chi connectivity index (χ0v) is 17.4. The summed E-state index contributed by atoms with van der Waals surface area (Å²) in [6, 6.07) is 5.56. The first-order chi connectivity index (χ1) is 14.4. The second kappa shape index (κ2) is 9.72. The molecule has 0 aliphatic rings. The maximum atomic E-state index is 10.9. The monoisotopic (exact) mass is 439 g/mol. The van der Waals surface area contributed by atoms with E-state index >= 15 is 0 Å². The number of benzene rings is 1. The lowest BCUT2D eigenvalue weighted by molar-refractivity contribution is 0.192. The number of nitrogens with zero attached hydrogens (tertiary/aromatic N) is 4. The molecule has 0 bridgehead atoms. The largest absolute Gasteiger partial charge is 0.497 e. The van der Waals surface area contributed by atoms with Crippen LogP contribution in [0, 0.1) is 0 Å². The molecular formula is C17H22N5O7P. The third kappa shape index (κ3) is 4.97. The number of nitrogens with two attached hydrogens (primary N) is 1. The molecule has 13 heteroatoms. The van der Waals surface area contributed by atoms with Crippen molar-refractivity contribution in [1.82, 2.24) is 19.5 Å². The van der Waals surface area contributed by atoms with Crippen LogP contribution in [0.4, 0.5) is 5.82 Å². The highest BCUT2D eigenvalue weighted by Gasteiger charge is 2.19. The molecule has 30 heavy (non-hydrogen) atoms. The number of anilines is 1. The number of fused-ring (bicyclic) bond motifs is 1. The van der Waals surface area contributed by atoms with E-state index in [-0.39, 0.29) is 44.2 Å². The number of ether oxygens (including phenoxy) is 3. The van der Waals surface area contributed by atoms with Gasteiger partial charge in [-0.2, -0.15) is 15.0 Å². The molecule has 1 unspecified atom stereocenters. The van der Waals surface area contributed by atoms with Gasteiger partial charge in [0.2, 0.25) is 0 Å². The van der Waals surface area contributed by atoms with Crippen molar-refractivity contribution in [3.05, 3.63) is 29.3 Å². The summed E-state index contributed by atoms with van der Waals surface area (Å²) in [5.74, 6) is 0.658. The van der Waals surface area contributed by atoms with Gasteiger partial charge in [-0.25, -0.2) is 0 Å². The lowest BCUT2D eigenvalue weighted by Crippen LogP contribution is -2.08. The van der Waals surface area contributed by atoms with Gasteiger partial charge in [-0.05, 0) is 23.3 Å². The smallest absolute Gasteiger partial charge is 0.320 e. The molecule has 1 aromatic carbocycles. The second-order valence-corrected chi connectivity index (χ2v) is 6.88. The van der Waals surface area contributed by atoms with Crippen LogP contribution in [0.1, 0.15) is 11.1 Å². The third-order valence-corrected chi connectivity index (χ3v) is 4.43. The maximum Gasteiger partial charge on any atom is 0.320 e. The first-order valence-corrected chi connectivity index (χ1v) is 10.1. The van der Waals surface area contributed by atoms with Gasteiger partial charge >= 0.3 is 14.3 Å². The average molecular weight is 439 g/mol. The minimum absolute atomic E-state index is 0.00524. The Hall–Kier alpha value is -2.92. The molecule has 0 spiro atoms. The number of nitrogen functional groups attached to an aromatic ring is 1. The van der Waals surface area contributed by atoms with Crippen LogP contribution in [0.3, 0.4) is 0 Å². The Morgan fingerprint density at radius 3 is 2.57 bits per heavy atom. The van der Waals surface area contributed by atoms with Gasteiger partial charge in [0.05, 0.1) is 34.0 Å². The van der Waals surface area contributed by atoms with Gasteiger partial charge in [0, 0.05) is 0 Å². The average Bonchev–Trinajstić information content (AvgIpc) is 3.08. The quantitative estimate of drug-likeness (QED) is 0.382. The van der Waals surface area contributed by atoms with E-state index in [0.717, 1.165) is 5.56 Å². The van der Waals surface area contributed by atoms with Crippen molar-refractivity contribution in [2.75, 3.05) is 33.2 Å². The summed E-state index contributed by atoms with van der Waals surface area (Å²) in [5.41, 5.74) is 8.14. The van der Waals surface area contributed by atoms with Crippen molar-refractivity contribution < 1.29 is 33.3 Å². The summed E-state index contributed by atoms with van der Waals surface area (Å²) in [7, 11) is -0.0731. The van der Waals surface area contributed by atoms with Crippen molar-refractivity contribution in [1.29, 1.82) is 0 Å².